The van der Waals surface area contributed by atoms with Crippen molar-refractivity contribution in [3.63, 3.8) is 0 Å². The number of fused-ring (bicyclic) bond motifs is 5. The first kappa shape index (κ1) is 19.2. The molecule has 0 radical (unpaired) electrons. The van der Waals surface area contributed by atoms with Gasteiger partial charge in [-0.05, 0) is 25.1 Å². The first-order valence-corrected chi connectivity index (χ1v) is 11.2. The highest BCUT2D eigenvalue weighted by molar-refractivity contribution is 5.91. The van der Waals surface area contributed by atoms with E-state index in [2.05, 4.69) is 20.9 Å². The van der Waals surface area contributed by atoms with Crippen molar-refractivity contribution in [3.8, 4) is 28.4 Å². The second-order valence-electron chi connectivity index (χ2n) is 8.59. The number of aryl methyl sites for hydroxylation is 1. The fraction of sp³-hybridized carbons (Fsp3) is 0.200. The van der Waals surface area contributed by atoms with Crippen LogP contribution in [0.15, 0.2) is 49.2 Å². The summed E-state index contributed by atoms with van der Waals surface area (Å²) in [4.78, 5) is 18.8. The van der Waals surface area contributed by atoms with Gasteiger partial charge in [-0.1, -0.05) is 6.07 Å². The molecule has 2 aliphatic heterocycles. The van der Waals surface area contributed by atoms with Crippen molar-refractivity contribution >= 4 is 11.5 Å². The Bertz CT molecular complexity index is 1600. The van der Waals surface area contributed by atoms with Crippen LogP contribution in [0, 0.1) is 12.7 Å². The average Bonchev–Trinajstić information content (AvgIpc) is 3.57. The molecule has 2 aliphatic rings. The number of ether oxygens (including phenoxy) is 1. The van der Waals surface area contributed by atoms with Gasteiger partial charge in [0.25, 0.3) is 0 Å². The predicted octanol–water partition coefficient (Wildman–Crippen LogP) is 4.01. The molecule has 0 bridgehead atoms. The molecule has 0 aliphatic carbocycles. The molecule has 6 heterocycles. The molecule has 1 aromatic carbocycles. The van der Waals surface area contributed by atoms with Gasteiger partial charge in [-0.3, -0.25) is 9.38 Å². The highest BCUT2D eigenvalue weighted by atomic mass is 19.1. The molecular formula is C25H20FN7O. The predicted molar refractivity (Wildman–Crippen MR) is 124 cm³/mol. The zero-order chi connectivity index (χ0) is 22.8. The lowest BCUT2D eigenvalue weighted by Gasteiger charge is -2.18. The summed E-state index contributed by atoms with van der Waals surface area (Å²) in [6.45, 7) is 3.46. The molecule has 0 saturated heterocycles. The summed E-state index contributed by atoms with van der Waals surface area (Å²) in [6, 6.07) is 7.25. The Morgan fingerprint density at radius 2 is 2.06 bits per heavy atom. The summed E-state index contributed by atoms with van der Waals surface area (Å²) < 4.78 is 24.3. The SMILES string of the molecule is Cc1ccc2c(n1)Cn1ccnc1-c1ncn3c(NCc4c(F)ccc5c4CCO5)ncc-2c13. The first-order valence-electron chi connectivity index (χ1n) is 11.2. The van der Waals surface area contributed by atoms with Gasteiger partial charge >= 0.3 is 0 Å². The van der Waals surface area contributed by atoms with Crippen LogP contribution in [-0.2, 0) is 19.5 Å². The summed E-state index contributed by atoms with van der Waals surface area (Å²) >= 11 is 0. The first-order chi connectivity index (χ1) is 16.7. The molecule has 9 heteroatoms. The van der Waals surface area contributed by atoms with Crippen molar-refractivity contribution in [3.05, 3.63) is 77.5 Å². The van der Waals surface area contributed by atoms with Crippen LogP contribution in [0.3, 0.4) is 0 Å². The molecule has 1 N–H and O–H groups in total. The largest absolute Gasteiger partial charge is 0.493 e. The molecule has 34 heavy (non-hydrogen) atoms. The maximum absolute atomic E-state index is 14.7. The fourth-order valence-corrected chi connectivity index (χ4v) is 4.97. The van der Waals surface area contributed by atoms with Crippen molar-refractivity contribution in [2.75, 3.05) is 11.9 Å². The van der Waals surface area contributed by atoms with Crippen LogP contribution in [0.4, 0.5) is 10.3 Å². The molecule has 0 spiro atoms. The maximum Gasteiger partial charge on any atom is 0.208 e. The van der Waals surface area contributed by atoms with Gasteiger partial charge in [-0.25, -0.2) is 19.3 Å². The van der Waals surface area contributed by atoms with E-state index in [0.29, 0.717) is 37.6 Å². The molecule has 168 valence electrons. The lowest BCUT2D eigenvalue weighted by atomic mass is 10.0. The molecule has 8 nitrogen and oxygen atoms in total. The van der Waals surface area contributed by atoms with Gasteiger partial charge in [0.05, 0.1) is 24.4 Å². The molecule has 4 aromatic heterocycles. The Morgan fingerprint density at radius 3 is 3.00 bits per heavy atom. The van der Waals surface area contributed by atoms with Crippen LogP contribution in [0.25, 0.3) is 28.2 Å². The number of imidazole rings is 2. The maximum atomic E-state index is 14.7. The van der Waals surface area contributed by atoms with E-state index in [1.165, 1.54) is 6.07 Å². The molecule has 0 fully saturated rings. The van der Waals surface area contributed by atoms with Gasteiger partial charge < -0.3 is 14.6 Å². The third-order valence-corrected chi connectivity index (χ3v) is 6.58. The summed E-state index contributed by atoms with van der Waals surface area (Å²) in [5.41, 5.74) is 7.05. The molecule has 0 atom stereocenters. The van der Waals surface area contributed by atoms with Crippen molar-refractivity contribution < 1.29 is 9.13 Å². The van der Waals surface area contributed by atoms with E-state index in [-0.39, 0.29) is 5.82 Å². The smallest absolute Gasteiger partial charge is 0.208 e. The standard InChI is InChI=1S/C25H20FN7O/c1-14-2-3-15-18-11-29-25(28-10-17-16-6-9-34-21(16)5-4-19(17)26)33-13-30-22(23(18)33)24-27-7-8-32(24)12-20(15)31-14/h2-5,7-8,11,13H,6,9-10,12H2,1H3,(H,28,29). The number of rotatable bonds is 3. The van der Waals surface area contributed by atoms with E-state index in [1.807, 2.05) is 29.8 Å². The average molecular weight is 453 g/mol. The number of halogens is 1. The Kier molecular flexibility index (Phi) is 4.02. The minimum absolute atomic E-state index is 0.247. The molecular weight excluding hydrogens is 433 g/mol. The molecule has 0 saturated carbocycles. The van der Waals surface area contributed by atoms with Crippen LogP contribution in [0.1, 0.15) is 22.5 Å². The van der Waals surface area contributed by atoms with Crippen LogP contribution in [-0.4, -0.2) is 35.5 Å². The third kappa shape index (κ3) is 2.76. The lowest BCUT2D eigenvalue weighted by molar-refractivity contribution is 0.356. The number of aromatic nitrogens is 6. The van der Waals surface area contributed by atoms with Crippen molar-refractivity contribution in [1.82, 2.24) is 28.9 Å². The number of hydrogen-bond donors (Lipinski definition) is 1. The van der Waals surface area contributed by atoms with Gasteiger partial charge in [0, 0.05) is 59.5 Å². The summed E-state index contributed by atoms with van der Waals surface area (Å²) in [5, 5.41) is 3.32. The minimum atomic E-state index is -0.247. The third-order valence-electron chi connectivity index (χ3n) is 6.58. The van der Waals surface area contributed by atoms with E-state index < -0.39 is 0 Å². The van der Waals surface area contributed by atoms with Crippen LogP contribution >= 0.6 is 0 Å². The van der Waals surface area contributed by atoms with Gasteiger partial charge in [0.15, 0.2) is 5.82 Å². The van der Waals surface area contributed by atoms with Gasteiger partial charge in [0.2, 0.25) is 5.95 Å². The van der Waals surface area contributed by atoms with Crippen LogP contribution in [0.2, 0.25) is 0 Å². The number of nitrogens with one attached hydrogen (secondary N) is 1. The topological polar surface area (TPSA) is 82.2 Å². The second-order valence-corrected chi connectivity index (χ2v) is 8.59. The van der Waals surface area contributed by atoms with Crippen LogP contribution < -0.4 is 10.1 Å². The number of benzene rings is 1. The van der Waals surface area contributed by atoms with E-state index in [1.54, 1.807) is 18.6 Å². The molecule has 5 aromatic rings. The van der Waals surface area contributed by atoms with E-state index in [9.17, 15) is 4.39 Å². The van der Waals surface area contributed by atoms with Crippen molar-refractivity contribution in [2.45, 2.75) is 26.4 Å². The highest BCUT2D eigenvalue weighted by Crippen LogP contribution is 2.37. The Balaban J connectivity index is 1.38. The van der Waals surface area contributed by atoms with Crippen LogP contribution in [0.5, 0.6) is 5.75 Å². The van der Waals surface area contributed by atoms with Crippen molar-refractivity contribution in [2.24, 2.45) is 0 Å². The summed E-state index contributed by atoms with van der Waals surface area (Å²) in [7, 11) is 0. The Labute approximate surface area is 194 Å². The van der Waals surface area contributed by atoms with Gasteiger partial charge in [0.1, 0.15) is 23.6 Å². The Morgan fingerprint density at radius 1 is 1.12 bits per heavy atom. The highest BCUT2D eigenvalue weighted by Gasteiger charge is 2.25. The Hall–Kier alpha value is -4.27. The van der Waals surface area contributed by atoms with E-state index in [0.717, 1.165) is 50.9 Å². The number of pyridine rings is 1. The van der Waals surface area contributed by atoms with Gasteiger partial charge in [-0.15, -0.1) is 0 Å². The summed E-state index contributed by atoms with van der Waals surface area (Å²) in [6.07, 6.45) is 8.01. The zero-order valence-electron chi connectivity index (χ0n) is 18.4. The van der Waals surface area contributed by atoms with E-state index >= 15 is 0 Å². The second kappa shape index (κ2) is 7.11. The van der Waals surface area contributed by atoms with Crippen molar-refractivity contribution in [1.29, 1.82) is 0 Å². The quantitative estimate of drug-likeness (QED) is 0.436. The minimum Gasteiger partial charge on any atom is -0.493 e. The molecule has 0 unspecified atom stereocenters. The van der Waals surface area contributed by atoms with Gasteiger partial charge in [-0.2, -0.15) is 0 Å². The fourth-order valence-electron chi connectivity index (χ4n) is 4.97. The number of anilines is 1. The molecule has 7 rings (SSSR count). The zero-order valence-corrected chi connectivity index (χ0v) is 18.4. The monoisotopic (exact) mass is 453 g/mol. The number of nitrogens with zero attached hydrogens (tertiary/aromatic N) is 6. The molecule has 0 amide bonds. The normalized spacial score (nSPS) is 13.6. The lowest BCUT2D eigenvalue weighted by Crippen LogP contribution is -2.12. The number of hydrogen-bond acceptors (Lipinski definition) is 6. The summed E-state index contributed by atoms with van der Waals surface area (Å²) in [5.74, 6) is 1.86. The van der Waals surface area contributed by atoms with E-state index in [4.69, 9.17) is 19.7 Å².